The van der Waals surface area contributed by atoms with E-state index < -0.39 is 18.5 Å². The van der Waals surface area contributed by atoms with Crippen LogP contribution in [0.15, 0.2) is 48.0 Å². The van der Waals surface area contributed by atoms with Gasteiger partial charge < -0.3 is 14.2 Å². The number of amides is 1. The molecule has 0 radical (unpaired) electrons. The van der Waals surface area contributed by atoms with Crippen LogP contribution in [0.4, 0.5) is 5.13 Å². The van der Waals surface area contributed by atoms with E-state index >= 15 is 0 Å². The molecule has 1 amide bonds. The molecule has 144 valence electrons. The average molecular weight is 399 g/mol. The van der Waals surface area contributed by atoms with Crippen LogP contribution in [0.2, 0.25) is 0 Å². The molecule has 3 aromatic rings. The van der Waals surface area contributed by atoms with Gasteiger partial charge in [0.1, 0.15) is 5.69 Å². The number of carbonyl (C=O) groups is 2. The van der Waals surface area contributed by atoms with Gasteiger partial charge in [-0.1, -0.05) is 6.07 Å². The Labute approximate surface area is 165 Å². The molecule has 0 bridgehead atoms. The summed E-state index contributed by atoms with van der Waals surface area (Å²) in [4.78, 5) is 32.0. The Morgan fingerprint density at radius 3 is 2.64 bits per heavy atom. The Kier molecular flexibility index (Phi) is 6.18. The van der Waals surface area contributed by atoms with Gasteiger partial charge in [0.25, 0.3) is 5.91 Å². The van der Waals surface area contributed by atoms with Crippen LogP contribution in [-0.4, -0.2) is 42.7 Å². The summed E-state index contributed by atoms with van der Waals surface area (Å²) in [6.07, 6.45) is 1.47. The van der Waals surface area contributed by atoms with E-state index in [1.54, 1.807) is 43.9 Å². The number of nitrogens with one attached hydrogen (secondary N) is 1. The zero-order valence-electron chi connectivity index (χ0n) is 15.2. The van der Waals surface area contributed by atoms with Gasteiger partial charge in [-0.25, -0.2) is 14.8 Å². The molecule has 0 aliphatic rings. The van der Waals surface area contributed by atoms with Crippen LogP contribution >= 0.6 is 11.3 Å². The molecule has 28 heavy (non-hydrogen) atoms. The van der Waals surface area contributed by atoms with Crippen molar-refractivity contribution < 1.29 is 23.8 Å². The maximum absolute atomic E-state index is 12.0. The summed E-state index contributed by atoms with van der Waals surface area (Å²) in [6.45, 7) is -0.430. The van der Waals surface area contributed by atoms with Crippen molar-refractivity contribution in [2.45, 2.75) is 0 Å². The molecule has 3 rings (SSSR count). The second-order valence-corrected chi connectivity index (χ2v) is 6.31. The number of hydrogen-bond acceptors (Lipinski definition) is 8. The van der Waals surface area contributed by atoms with Gasteiger partial charge in [-0.2, -0.15) is 0 Å². The molecular formula is C19H17N3O5S. The number of methoxy groups -OCH3 is 2. The van der Waals surface area contributed by atoms with Gasteiger partial charge in [-0.15, -0.1) is 11.3 Å². The number of anilines is 1. The van der Waals surface area contributed by atoms with E-state index in [9.17, 15) is 9.59 Å². The summed E-state index contributed by atoms with van der Waals surface area (Å²) >= 11 is 1.26. The van der Waals surface area contributed by atoms with E-state index in [1.807, 2.05) is 6.07 Å². The summed E-state index contributed by atoms with van der Waals surface area (Å²) in [5.41, 5.74) is 1.63. The molecule has 0 unspecified atom stereocenters. The second-order valence-electron chi connectivity index (χ2n) is 5.45. The number of pyridine rings is 1. The van der Waals surface area contributed by atoms with E-state index in [4.69, 9.17) is 14.2 Å². The Morgan fingerprint density at radius 2 is 1.93 bits per heavy atom. The number of carbonyl (C=O) groups excluding carboxylic acids is 2. The smallest absolute Gasteiger partial charge is 0.357 e. The molecule has 1 aromatic carbocycles. The number of esters is 1. The first-order valence-corrected chi connectivity index (χ1v) is 9.04. The standard InChI is InChI=1S/C19H17N3O5S/c1-25-15-7-6-12(9-16(15)26-2)14-11-28-19(21-14)22-17(23)10-27-18(24)13-5-3-4-8-20-13/h3-9,11H,10H2,1-2H3,(H,21,22,23). The van der Waals surface area contributed by atoms with Crippen LogP contribution in [0.3, 0.4) is 0 Å². The first kappa shape index (κ1) is 19.3. The van der Waals surface area contributed by atoms with Gasteiger partial charge in [0.2, 0.25) is 0 Å². The summed E-state index contributed by atoms with van der Waals surface area (Å²) < 4.78 is 15.4. The fourth-order valence-corrected chi connectivity index (χ4v) is 3.04. The molecule has 2 aromatic heterocycles. The fourth-order valence-electron chi connectivity index (χ4n) is 2.30. The maximum atomic E-state index is 12.0. The lowest BCUT2D eigenvalue weighted by Gasteiger charge is -2.08. The molecule has 0 aliphatic carbocycles. The number of nitrogens with zero attached hydrogens (tertiary/aromatic N) is 2. The number of thiazole rings is 1. The predicted octanol–water partition coefficient (Wildman–Crippen LogP) is 3.02. The Bertz CT molecular complexity index is 975. The quantitative estimate of drug-likeness (QED) is 0.610. The Balaban J connectivity index is 1.60. The SMILES string of the molecule is COc1ccc(-c2csc(NC(=O)COC(=O)c3ccccn3)n2)cc1OC. The summed E-state index contributed by atoms with van der Waals surface area (Å²) in [5, 5.41) is 4.80. The van der Waals surface area contributed by atoms with Gasteiger partial charge in [0, 0.05) is 17.1 Å². The largest absolute Gasteiger partial charge is 0.493 e. The van der Waals surface area contributed by atoms with Gasteiger partial charge in [-0.3, -0.25) is 10.1 Å². The minimum absolute atomic E-state index is 0.139. The molecule has 2 heterocycles. The van der Waals surface area contributed by atoms with Crippen molar-refractivity contribution in [1.82, 2.24) is 9.97 Å². The minimum Gasteiger partial charge on any atom is -0.493 e. The summed E-state index contributed by atoms with van der Waals surface area (Å²) in [7, 11) is 3.12. The van der Waals surface area contributed by atoms with E-state index in [0.29, 0.717) is 22.3 Å². The average Bonchev–Trinajstić information content (AvgIpc) is 3.20. The number of rotatable bonds is 7. The van der Waals surface area contributed by atoms with Crippen LogP contribution in [0.5, 0.6) is 11.5 Å². The lowest BCUT2D eigenvalue weighted by atomic mass is 10.1. The summed E-state index contributed by atoms with van der Waals surface area (Å²) in [6, 6.07) is 10.3. The zero-order valence-corrected chi connectivity index (χ0v) is 16.0. The van der Waals surface area contributed by atoms with Crippen molar-refractivity contribution in [2.75, 3.05) is 26.1 Å². The lowest BCUT2D eigenvalue weighted by Crippen LogP contribution is -2.21. The maximum Gasteiger partial charge on any atom is 0.357 e. The van der Waals surface area contributed by atoms with Crippen molar-refractivity contribution in [1.29, 1.82) is 0 Å². The Hall–Kier alpha value is -3.46. The van der Waals surface area contributed by atoms with Gasteiger partial charge in [0.15, 0.2) is 23.2 Å². The molecule has 0 fully saturated rings. The van der Waals surface area contributed by atoms with Gasteiger partial charge in [-0.05, 0) is 30.3 Å². The number of hydrogen-bond donors (Lipinski definition) is 1. The third-order valence-corrected chi connectivity index (χ3v) is 4.40. The third kappa shape index (κ3) is 4.63. The van der Waals surface area contributed by atoms with Crippen LogP contribution in [0.1, 0.15) is 10.5 Å². The lowest BCUT2D eigenvalue weighted by molar-refractivity contribution is -0.119. The molecule has 0 atom stereocenters. The predicted molar refractivity (Wildman–Crippen MR) is 104 cm³/mol. The number of aromatic nitrogens is 2. The van der Waals surface area contributed by atoms with Crippen LogP contribution in [-0.2, 0) is 9.53 Å². The highest BCUT2D eigenvalue weighted by Crippen LogP contribution is 2.33. The van der Waals surface area contributed by atoms with Crippen LogP contribution in [0, 0.1) is 0 Å². The summed E-state index contributed by atoms with van der Waals surface area (Å²) in [5.74, 6) is 0.0446. The Morgan fingerprint density at radius 1 is 1.11 bits per heavy atom. The highest BCUT2D eigenvalue weighted by molar-refractivity contribution is 7.14. The molecule has 9 heteroatoms. The first-order valence-electron chi connectivity index (χ1n) is 8.16. The van der Waals surface area contributed by atoms with Crippen molar-refractivity contribution in [3.63, 3.8) is 0 Å². The molecule has 0 saturated carbocycles. The van der Waals surface area contributed by atoms with Crippen molar-refractivity contribution in [3.05, 3.63) is 53.7 Å². The minimum atomic E-state index is -0.666. The van der Waals surface area contributed by atoms with Crippen molar-refractivity contribution in [2.24, 2.45) is 0 Å². The van der Waals surface area contributed by atoms with Crippen LogP contribution < -0.4 is 14.8 Å². The second kappa shape index (κ2) is 8.96. The normalized spacial score (nSPS) is 10.2. The highest BCUT2D eigenvalue weighted by atomic mass is 32.1. The highest BCUT2D eigenvalue weighted by Gasteiger charge is 2.13. The molecule has 0 spiro atoms. The van der Waals surface area contributed by atoms with Gasteiger partial charge >= 0.3 is 5.97 Å². The number of benzene rings is 1. The molecule has 1 N–H and O–H groups in total. The van der Waals surface area contributed by atoms with E-state index in [-0.39, 0.29) is 5.69 Å². The van der Waals surface area contributed by atoms with Crippen molar-refractivity contribution in [3.8, 4) is 22.8 Å². The zero-order chi connectivity index (χ0) is 19.9. The topological polar surface area (TPSA) is 99.6 Å². The molecule has 0 aliphatic heterocycles. The first-order chi connectivity index (χ1) is 13.6. The third-order valence-electron chi connectivity index (χ3n) is 3.64. The van der Waals surface area contributed by atoms with Gasteiger partial charge in [0.05, 0.1) is 19.9 Å². The van der Waals surface area contributed by atoms with Crippen molar-refractivity contribution >= 4 is 28.3 Å². The monoisotopic (exact) mass is 399 g/mol. The van der Waals surface area contributed by atoms with E-state index in [2.05, 4.69) is 15.3 Å². The van der Waals surface area contributed by atoms with E-state index in [1.165, 1.54) is 23.6 Å². The molecular weight excluding hydrogens is 382 g/mol. The van der Waals surface area contributed by atoms with E-state index in [0.717, 1.165) is 5.56 Å². The molecule has 8 nitrogen and oxygen atoms in total. The fraction of sp³-hybridized carbons (Fsp3) is 0.158. The van der Waals surface area contributed by atoms with Crippen LogP contribution in [0.25, 0.3) is 11.3 Å². The molecule has 0 saturated heterocycles. The number of ether oxygens (including phenoxy) is 3.